The van der Waals surface area contributed by atoms with Gasteiger partial charge in [0, 0.05) is 33.8 Å². The van der Waals surface area contributed by atoms with Crippen molar-refractivity contribution in [3.8, 4) is 17.2 Å². The standard InChI is InChI=1S/C30H30N2O5S/c1-17-27(30(34)32-20-8-5-6-9-23(20)35-2)29(26-10-7-13-38-26)28-21(31-17)14-19(15-22(28)33)18-11-12-24(36-3)25(16-18)37-4/h5-13,16,19,29,31H,14-15H2,1-4H3,(H,32,34)/t19-,29-/m0/s1. The van der Waals surface area contributed by atoms with E-state index >= 15 is 0 Å². The number of carbonyl (C=O) groups excluding carboxylic acids is 2. The van der Waals surface area contributed by atoms with Crippen LogP contribution in [0.4, 0.5) is 5.69 Å². The molecule has 8 heteroatoms. The van der Waals surface area contributed by atoms with Crippen LogP contribution in [-0.2, 0) is 9.59 Å². The molecule has 2 aliphatic rings. The predicted molar refractivity (Wildman–Crippen MR) is 148 cm³/mol. The third kappa shape index (κ3) is 4.67. The molecule has 2 aromatic carbocycles. The largest absolute Gasteiger partial charge is 0.495 e. The van der Waals surface area contributed by atoms with Crippen molar-refractivity contribution in [1.82, 2.24) is 5.32 Å². The number of rotatable bonds is 7. The van der Waals surface area contributed by atoms with Crippen LogP contribution in [0, 0.1) is 0 Å². The van der Waals surface area contributed by atoms with Gasteiger partial charge in [-0.2, -0.15) is 0 Å². The second kappa shape index (κ2) is 10.8. The van der Waals surface area contributed by atoms with E-state index < -0.39 is 5.92 Å². The topological polar surface area (TPSA) is 85.9 Å². The van der Waals surface area contributed by atoms with Gasteiger partial charge in [0.15, 0.2) is 17.3 Å². The van der Waals surface area contributed by atoms with Crippen LogP contribution in [0.25, 0.3) is 0 Å². The average molecular weight is 531 g/mol. The van der Waals surface area contributed by atoms with Crippen molar-refractivity contribution in [1.29, 1.82) is 0 Å². The van der Waals surface area contributed by atoms with Gasteiger partial charge < -0.3 is 24.8 Å². The first-order valence-corrected chi connectivity index (χ1v) is 13.3. The van der Waals surface area contributed by atoms with Gasteiger partial charge in [-0.05, 0) is 60.5 Å². The molecule has 0 bridgehead atoms. The number of ether oxygens (including phenoxy) is 3. The Labute approximate surface area is 226 Å². The third-order valence-corrected chi connectivity index (χ3v) is 8.07. The molecule has 2 heterocycles. The smallest absolute Gasteiger partial charge is 0.254 e. The lowest BCUT2D eigenvalue weighted by molar-refractivity contribution is -0.116. The number of hydrogen-bond acceptors (Lipinski definition) is 7. The number of ketones is 1. The van der Waals surface area contributed by atoms with Crippen LogP contribution in [0.2, 0.25) is 0 Å². The first-order chi connectivity index (χ1) is 18.4. The van der Waals surface area contributed by atoms with Crippen LogP contribution in [0.5, 0.6) is 17.2 Å². The van der Waals surface area contributed by atoms with Crippen LogP contribution >= 0.6 is 11.3 Å². The van der Waals surface area contributed by atoms with E-state index in [9.17, 15) is 9.59 Å². The molecule has 196 valence electrons. The van der Waals surface area contributed by atoms with Gasteiger partial charge in [-0.3, -0.25) is 9.59 Å². The number of nitrogens with one attached hydrogen (secondary N) is 2. The summed E-state index contributed by atoms with van der Waals surface area (Å²) >= 11 is 1.55. The van der Waals surface area contributed by atoms with E-state index in [1.165, 1.54) is 0 Å². The number of benzene rings is 2. The molecule has 0 radical (unpaired) electrons. The number of thiophene rings is 1. The van der Waals surface area contributed by atoms with Crippen molar-refractivity contribution in [3.63, 3.8) is 0 Å². The van der Waals surface area contributed by atoms with Crippen molar-refractivity contribution in [2.24, 2.45) is 0 Å². The first-order valence-electron chi connectivity index (χ1n) is 12.4. The van der Waals surface area contributed by atoms with E-state index in [2.05, 4.69) is 10.6 Å². The highest BCUT2D eigenvalue weighted by molar-refractivity contribution is 7.10. The van der Waals surface area contributed by atoms with Gasteiger partial charge in [0.05, 0.1) is 32.9 Å². The summed E-state index contributed by atoms with van der Waals surface area (Å²) in [6, 6.07) is 17.0. The maximum Gasteiger partial charge on any atom is 0.254 e. The Balaban J connectivity index is 1.51. The number of dihydropyridines is 1. The number of allylic oxidation sites excluding steroid dienone is 3. The Bertz CT molecular complexity index is 1440. The molecule has 0 saturated heterocycles. The Morgan fingerprint density at radius 2 is 1.71 bits per heavy atom. The highest BCUT2D eigenvalue weighted by Crippen LogP contribution is 2.47. The van der Waals surface area contributed by atoms with Crippen LogP contribution in [0.15, 0.2) is 82.5 Å². The third-order valence-electron chi connectivity index (χ3n) is 7.13. The second-order valence-electron chi connectivity index (χ2n) is 9.30. The van der Waals surface area contributed by atoms with Gasteiger partial charge >= 0.3 is 0 Å². The molecule has 0 spiro atoms. The van der Waals surface area contributed by atoms with Crippen LogP contribution in [-0.4, -0.2) is 33.0 Å². The highest BCUT2D eigenvalue weighted by atomic mass is 32.1. The summed E-state index contributed by atoms with van der Waals surface area (Å²) in [5, 5.41) is 8.41. The normalized spacial score (nSPS) is 19.0. The number of methoxy groups -OCH3 is 3. The number of anilines is 1. The highest BCUT2D eigenvalue weighted by Gasteiger charge is 2.41. The molecule has 0 fully saturated rings. The monoisotopic (exact) mass is 530 g/mol. The van der Waals surface area contributed by atoms with Crippen molar-refractivity contribution in [2.75, 3.05) is 26.6 Å². The molecule has 2 atom stereocenters. The van der Waals surface area contributed by atoms with Crippen molar-refractivity contribution < 1.29 is 23.8 Å². The summed E-state index contributed by atoms with van der Waals surface area (Å²) in [5.74, 6) is 1.16. The Kier molecular flexibility index (Phi) is 7.24. The van der Waals surface area contributed by atoms with Gasteiger partial charge in [-0.25, -0.2) is 0 Å². The molecule has 1 aromatic heterocycles. The maximum atomic E-state index is 13.8. The van der Waals surface area contributed by atoms with E-state index in [1.807, 2.05) is 54.8 Å². The molecule has 2 N–H and O–H groups in total. The van der Waals surface area contributed by atoms with Gasteiger partial charge in [0.25, 0.3) is 5.91 Å². The lowest BCUT2D eigenvalue weighted by atomic mass is 9.73. The minimum absolute atomic E-state index is 0.0192. The molecule has 3 aromatic rings. The predicted octanol–water partition coefficient (Wildman–Crippen LogP) is 5.77. The minimum atomic E-state index is -0.445. The summed E-state index contributed by atoms with van der Waals surface area (Å²) in [6.45, 7) is 1.89. The van der Waals surface area contributed by atoms with E-state index in [0.29, 0.717) is 46.9 Å². The number of carbonyl (C=O) groups is 2. The van der Waals surface area contributed by atoms with E-state index in [4.69, 9.17) is 14.2 Å². The lowest BCUT2D eigenvalue weighted by Crippen LogP contribution is -2.36. The van der Waals surface area contributed by atoms with Crippen molar-refractivity contribution in [2.45, 2.75) is 31.6 Å². The van der Waals surface area contributed by atoms with E-state index in [-0.39, 0.29) is 17.6 Å². The molecular formula is C30H30N2O5S. The fraction of sp³-hybridized carbons (Fsp3) is 0.267. The molecular weight excluding hydrogens is 500 g/mol. The molecule has 7 nitrogen and oxygen atoms in total. The van der Waals surface area contributed by atoms with Crippen molar-refractivity contribution in [3.05, 3.63) is 93.0 Å². The molecule has 1 amide bonds. The minimum Gasteiger partial charge on any atom is -0.495 e. The van der Waals surface area contributed by atoms with Crippen LogP contribution < -0.4 is 24.8 Å². The van der Waals surface area contributed by atoms with Crippen LogP contribution in [0.3, 0.4) is 0 Å². The Morgan fingerprint density at radius 1 is 0.947 bits per heavy atom. The zero-order valence-electron chi connectivity index (χ0n) is 21.8. The summed E-state index contributed by atoms with van der Waals surface area (Å²) in [4.78, 5) is 28.5. The van der Waals surface area contributed by atoms with Crippen LogP contribution in [0.1, 0.15) is 42.0 Å². The quantitative estimate of drug-likeness (QED) is 0.403. The van der Waals surface area contributed by atoms with Gasteiger partial charge in [-0.15, -0.1) is 11.3 Å². The number of amides is 1. The fourth-order valence-electron chi connectivity index (χ4n) is 5.36. The summed E-state index contributed by atoms with van der Waals surface area (Å²) in [6.07, 6.45) is 0.996. The molecule has 0 saturated carbocycles. The van der Waals surface area contributed by atoms with E-state index in [1.54, 1.807) is 44.8 Å². The fourth-order valence-corrected chi connectivity index (χ4v) is 6.20. The SMILES string of the molecule is COc1ccccc1NC(=O)C1=C(C)NC2=C(C(=O)C[C@@H](c3ccc(OC)c(OC)c3)C2)[C@H]1c1cccs1. The zero-order chi connectivity index (χ0) is 26.8. The molecule has 5 rings (SSSR count). The summed E-state index contributed by atoms with van der Waals surface area (Å²) in [7, 11) is 4.78. The van der Waals surface area contributed by atoms with Gasteiger partial charge in [0.2, 0.25) is 0 Å². The molecule has 1 aliphatic heterocycles. The molecule has 0 unspecified atom stereocenters. The van der Waals surface area contributed by atoms with Gasteiger partial charge in [0.1, 0.15) is 5.75 Å². The molecule has 1 aliphatic carbocycles. The summed E-state index contributed by atoms with van der Waals surface area (Å²) in [5.41, 5.74) is 4.39. The first kappa shape index (κ1) is 25.6. The number of para-hydroxylation sites is 2. The van der Waals surface area contributed by atoms with E-state index in [0.717, 1.165) is 21.8 Å². The Morgan fingerprint density at radius 3 is 2.42 bits per heavy atom. The summed E-state index contributed by atoms with van der Waals surface area (Å²) < 4.78 is 16.3. The lowest BCUT2D eigenvalue weighted by Gasteiger charge is -2.36. The second-order valence-corrected chi connectivity index (χ2v) is 10.3. The molecule has 38 heavy (non-hydrogen) atoms. The average Bonchev–Trinajstić information content (AvgIpc) is 3.46. The maximum absolute atomic E-state index is 13.8. The number of hydrogen-bond donors (Lipinski definition) is 2. The van der Waals surface area contributed by atoms with Crippen molar-refractivity contribution >= 4 is 28.7 Å². The zero-order valence-corrected chi connectivity index (χ0v) is 22.6. The number of Topliss-reactive ketones (excluding diaryl/α,β-unsaturated/α-hetero) is 1. The Hall–Kier alpha value is -4.04. The van der Waals surface area contributed by atoms with Gasteiger partial charge in [-0.1, -0.05) is 24.3 Å².